The van der Waals surface area contributed by atoms with E-state index >= 15 is 0 Å². The van der Waals surface area contributed by atoms with Crippen LogP contribution in [0.4, 0.5) is 0 Å². The number of nitrogens with zero attached hydrogens (tertiary/aromatic N) is 3. The average molecular weight is 289 g/mol. The lowest BCUT2D eigenvalue weighted by Crippen LogP contribution is -2.51. The lowest BCUT2D eigenvalue weighted by atomic mass is 9.96. The van der Waals surface area contributed by atoms with Gasteiger partial charge in [0.15, 0.2) is 0 Å². The van der Waals surface area contributed by atoms with E-state index in [4.69, 9.17) is 4.74 Å². The second-order valence-electron chi connectivity index (χ2n) is 6.81. The highest BCUT2D eigenvalue weighted by atomic mass is 16.5. The van der Waals surface area contributed by atoms with E-state index in [-0.39, 0.29) is 11.8 Å². The first kappa shape index (κ1) is 13.3. The van der Waals surface area contributed by atoms with E-state index in [0.29, 0.717) is 12.5 Å². The third-order valence-electron chi connectivity index (χ3n) is 5.06. The SMILES string of the molecule is Cc1cnc(C2CN(C(=O)C3CCOC3)C2)n1CC1CC1. The number of hydrogen-bond acceptors (Lipinski definition) is 3. The van der Waals surface area contributed by atoms with Crippen molar-refractivity contribution in [2.75, 3.05) is 26.3 Å². The monoisotopic (exact) mass is 289 g/mol. The highest BCUT2D eigenvalue weighted by Gasteiger charge is 2.39. The summed E-state index contributed by atoms with van der Waals surface area (Å²) in [4.78, 5) is 18.9. The lowest BCUT2D eigenvalue weighted by molar-refractivity contribution is -0.140. The Morgan fingerprint density at radius 3 is 2.86 bits per heavy atom. The molecule has 2 saturated heterocycles. The molecule has 5 nitrogen and oxygen atoms in total. The number of carbonyl (C=O) groups excluding carboxylic acids is 1. The van der Waals surface area contributed by atoms with Crippen molar-refractivity contribution in [2.45, 2.75) is 38.6 Å². The first-order chi connectivity index (χ1) is 10.2. The average Bonchev–Trinajstić information content (AvgIpc) is 2.94. The normalized spacial score (nSPS) is 26.1. The molecule has 2 aliphatic heterocycles. The van der Waals surface area contributed by atoms with Crippen molar-refractivity contribution in [3.63, 3.8) is 0 Å². The van der Waals surface area contributed by atoms with Crippen LogP contribution in [0.5, 0.6) is 0 Å². The number of hydrogen-bond donors (Lipinski definition) is 0. The second-order valence-corrected chi connectivity index (χ2v) is 6.81. The molecule has 0 spiro atoms. The maximum absolute atomic E-state index is 12.3. The minimum Gasteiger partial charge on any atom is -0.381 e. The molecule has 0 bridgehead atoms. The number of aryl methyl sites for hydroxylation is 1. The van der Waals surface area contributed by atoms with E-state index in [1.165, 1.54) is 24.4 Å². The van der Waals surface area contributed by atoms with Crippen molar-refractivity contribution in [2.24, 2.45) is 11.8 Å². The molecule has 3 aliphatic rings. The zero-order chi connectivity index (χ0) is 14.4. The fourth-order valence-corrected chi connectivity index (χ4v) is 3.41. The number of imidazole rings is 1. The summed E-state index contributed by atoms with van der Waals surface area (Å²) in [7, 11) is 0. The van der Waals surface area contributed by atoms with E-state index in [9.17, 15) is 4.79 Å². The molecule has 1 aromatic heterocycles. The van der Waals surface area contributed by atoms with Gasteiger partial charge in [-0.3, -0.25) is 4.79 Å². The van der Waals surface area contributed by atoms with Gasteiger partial charge in [-0.2, -0.15) is 0 Å². The van der Waals surface area contributed by atoms with Crippen molar-refractivity contribution >= 4 is 5.91 Å². The molecule has 21 heavy (non-hydrogen) atoms. The number of rotatable bonds is 4. The summed E-state index contributed by atoms with van der Waals surface area (Å²) in [6, 6.07) is 0. The summed E-state index contributed by atoms with van der Waals surface area (Å²) in [5.41, 5.74) is 1.26. The van der Waals surface area contributed by atoms with Crippen molar-refractivity contribution in [1.82, 2.24) is 14.5 Å². The van der Waals surface area contributed by atoms with Gasteiger partial charge in [-0.15, -0.1) is 0 Å². The standard InChI is InChI=1S/C16H23N3O2/c1-11-6-17-15(19(11)7-12-2-3-12)14-8-18(9-14)16(20)13-4-5-21-10-13/h6,12-14H,2-5,7-10H2,1H3. The third kappa shape index (κ3) is 2.48. The van der Waals surface area contributed by atoms with Crippen LogP contribution in [-0.2, 0) is 16.1 Å². The number of aromatic nitrogens is 2. The summed E-state index contributed by atoms with van der Waals surface area (Å²) < 4.78 is 7.70. The maximum Gasteiger partial charge on any atom is 0.228 e. The summed E-state index contributed by atoms with van der Waals surface area (Å²) in [6.07, 6.45) is 5.57. The maximum atomic E-state index is 12.3. The molecule has 5 heteroatoms. The third-order valence-corrected chi connectivity index (χ3v) is 5.06. The molecule has 3 fully saturated rings. The fourth-order valence-electron chi connectivity index (χ4n) is 3.41. The Labute approximate surface area is 125 Å². The van der Waals surface area contributed by atoms with E-state index in [2.05, 4.69) is 16.5 Å². The van der Waals surface area contributed by atoms with Crippen molar-refractivity contribution in [3.8, 4) is 0 Å². The van der Waals surface area contributed by atoms with Crippen molar-refractivity contribution < 1.29 is 9.53 Å². The van der Waals surface area contributed by atoms with E-state index in [1.807, 2.05) is 11.1 Å². The predicted molar refractivity (Wildman–Crippen MR) is 77.9 cm³/mol. The molecule has 4 rings (SSSR count). The van der Waals surface area contributed by atoms with Gasteiger partial charge in [-0.05, 0) is 32.1 Å². The molecular weight excluding hydrogens is 266 g/mol. The van der Waals surface area contributed by atoms with Crippen LogP contribution in [0.2, 0.25) is 0 Å². The van der Waals surface area contributed by atoms with Crippen LogP contribution in [0.25, 0.3) is 0 Å². The first-order valence-electron chi connectivity index (χ1n) is 8.11. The Kier molecular flexibility index (Phi) is 3.25. The quantitative estimate of drug-likeness (QED) is 0.845. The number of carbonyl (C=O) groups is 1. The Morgan fingerprint density at radius 1 is 1.38 bits per heavy atom. The molecule has 0 N–H and O–H groups in total. The second kappa shape index (κ2) is 5.13. The Morgan fingerprint density at radius 2 is 2.19 bits per heavy atom. The van der Waals surface area contributed by atoms with Gasteiger partial charge in [0.05, 0.1) is 18.4 Å². The Balaban J connectivity index is 1.39. The van der Waals surface area contributed by atoms with E-state index in [0.717, 1.165) is 38.6 Å². The van der Waals surface area contributed by atoms with Crippen LogP contribution in [0, 0.1) is 18.8 Å². The van der Waals surface area contributed by atoms with Crippen molar-refractivity contribution in [3.05, 3.63) is 17.7 Å². The van der Waals surface area contributed by atoms with Gasteiger partial charge in [0.2, 0.25) is 5.91 Å². The smallest absolute Gasteiger partial charge is 0.228 e. The first-order valence-corrected chi connectivity index (χ1v) is 8.11. The molecule has 1 aliphatic carbocycles. The van der Waals surface area contributed by atoms with Crippen LogP contribution >= 0.6 is 0 Å². The van der Waals surface area contributed by atoms with Gasteiger partial charge in [-0.1, -0.05) is 0 Å². The molecule has 1 atom stereocenters. The van der Waals surface area contributed by atoms with Crippen LogP contribution in [0.15, 0.2) is 6.20 Å². The number of likely N-dealkylation sites (tertiary alicyclic amines) is 1. The van der Waals surface area contributed by atoms with Crippen LogP contribution < -0.4 is 0 Å². The molecule has 0 radical (unpaired) electrons. The van der Waals surface area contributed by atoms with Gasteiger partial charge < -0.3 is 14.2 Å². The molecule has 0 aromatic carbocycles. The minimum absolute atomic E-state index is 0.0962. The summed E-state index contributed by atoms with van der Waals surface area (Å²) in [5, 5.41) is 0. The van der Waals surface area contributed by atoms with E-state index in [1.54, 1.807) is 0 Å². The van der Waals surface area contributed by atoms with Gasteiger partial charge in [0.25, 0.3) is 0 Å². The van der Waals surface area contributed by atoms with Gasteiger partial charge in [0, 0.05) is 38.1 Å². The van der Waals surface area contributed by atoms with Gasteiger partial charge >= 0.3 is 0 Å². The molecule has 1 unspecified atom stereocenters. The number of amides is 1. The number of ether oxygens (including phenoxy) is 1. The Hall–Kier alpha value is -1.36. The highest BCUT2D eigenvalue weighted by molar-refractivity contribution is 5.80. The van der Waals surface area contributed by atoms with Gasteiger partial charge in [0.1, 0.15) is 5.82 Å². The van der Waals surface area contributed by atoms with Crippen LogP contribution in [0.3, 0.4) is 0 Å². The highest BCUT2D eigenvalue weighted by Crippen LogP contribution is 2.34. The van der Waals surface area contributed by atoms with E-state index < -0.39 is 0 Å². The minimum atomic E-state index is 0.0962. The van der Waals surface area contributed by atoms with Gasteiger partial charge in [-0.25, -0.2) is 4.98 Å². The topological polar surface area (TPSA) is 47.4 Å². The fraction of sp³-hybridized carbons (Fsp3) is 0.750. The predicted octanol–water partition coefficient (Wildman–Crippen LogP) is 1.56. The molecular formula is C16H23N3O2. The molecule has 1 amide bonds. The summed E-state index contributed by atoms with van der Waals surface area (Å²) in [5.74, 6) is 2.83. The lowest BCUT2D eigenvalue weighted by Gasteiger charge is -2.40. The van der Waals surface area contributed by atoms with Crippen LogP contribution in [-0.4, -0.2) is 46.7 Å². The summed E-state index contributed by atoms with van der Waals surface area (Å²) >= 11 is 0. The van der Waals surface area contributed by atoms with Crippen LogP contribution in [0.1, 0.15) is 36.7 Å². The zero-order valence-electron chi connectivity index (χ0n) is 12.6. The summed E-state index contributed by atoms with van der Waals surface area (Å²) in [6.45, 7) is 6.25. The largest absolute Gasteiger partial charge is 0.381 e. The Bertz CT molecular complexity index is 538. The molecule has 1 saturated carbocycles. The molecule has 3 heterocycles. The zero-order valence-corrected chi connectivity index (χ0v) is 12.6. The van der Waals surface area contributed by atoms with Crippen molar-refractivity contribution in [1.29, 1.82) is 0 Å². The molecule has 114 valence electrons. The molecule has 1 aromatic rings.